The first-order valence-electron chi connectivity index (χ1n) is 7.42. The topological polar surface area (TPSA) is 81.9 Å². The molecule has 0 bridgehead atoms. The Morgan fingerprint density at radius 2 is 1.96 bits per heavy atom. The van der Waals surface area contributed by atoms with Crippen LogP contribution in [0.25, 0.3) is 5.82 Å². The molecule has 0 unspecified atom stereocenters. The number of benzene rings is 1. The summed E-state index contributed by atoms with van der Waals surface area (Å²) in [6.45, 7) is 2.28. The summed E-state index contributed by atoms with van der Waals surface area (Å²) in [6, 6.07) is 10.9. The zero-order valence-electron chi connectivity index (χ0n) is 13.4. The Bertz CT molecular complexity index is 825. The monoisotopic (exact) mass is 323 g/mol. The van der Waals surface area contributed by atoms with Gasteiger partial charge in [-0.25, -0.2) is 4.98 Å². The number of rotatable bonds is 5. The molecule has 24 heavy (non-hydrogen) atoms. The van der Waals surface area contributed by atoms with Crippen LogP contribution in [-0.2, 0) is 6.54 Å². The predicted octanol–water partition coefficient (Wildman–Crippen LogP) is 1.91. The second kappa shape index (κ2) is 6.91. The third-order valence-electron chi connectivity index (χ3n) is 3.57. The van der Waals surface area contributed by atoms with Crippen molar-refractivity contribution in [1.29, 1.82) is 0 Å². The third kappa shape index (κ3) is 3.40. The van der Waals surface area contributed by atoms with Crippen LogP contribution in [0.15, 0.2) is 48.8 Å². The highest BCUT2D eigenvalue weighted by Gasteiger charge is 2.09. The van der Waals surface area contributed by atoms with Gasteiger partial charge >= 0.3 is 0 Å². The standard InChI is InChI=1S/C17H17N5O2/c1-12-18-9-10-22(12)16-8-7-15(20-21-16)17(23)19-11-13-3-5-14(24-2)6-4-13/h3-10H,11H2,1-2H3,(H,19,23). The molecule has 0 fully saturated rings. The highest BCUT2D eigenvalue weighted by Crippen LogP contribution is 2.11. The van der Waals surface area contributed by atoms with E-state index >= 15 is 0 Å². The summed E-state index contributed by atoms with van der Waals surface area (Å²) in [6.07, 6.45) is 3.48. The molecular weight excluding hydrogens is 306 g/mol. The predicted molar refractivity (Wildman–Crippen MR) is 88.1 cm³/mol. The van der Waals surface area contributed by atoms with Crippen LogP contribution in [0.2, 0.25) is 0 Å². The summed E-state index contributed by atoms with van der Waals surface area (Å²) < 4.78 is 6.90. The van der Waals surface area contributed by atoms with Crippen LogP contribution in [0, 0.1) is 6.92 Å². The van der Waals surface area contributed by atoms with Crippen molar-refractivity contribution in [3.05, 3.63) is 65.9 Å². The van der Waals surface area contributed by atoms with E-state index in [0.29, 0.717) is 12.4 Å². The molecule has 0 saturated carbocycles. The second-order valence-corrected chi connectivity index (χ2v) is 5.15. The number of carbonyl (C=O) groups excluding carboxylic acids is 1. The van der Waals surface area contributed by atoms with Crippen LogP contribution >= 0.6 is 0 Å². The Morgan fingerprint density at radius 3 is 2.54 bits per heavy atom. The van der Waals surface area contributed by atoms with E-state index in [-0.39, 0.29) is 11.6 Å². The van der Waals surface area contributed by atoms with E-state index in [4.69, 9.17) is 4.74 Å². The smallest absolute Gasteiger partial charge is 0.272 e. The van der Waals surface area contributed by atoms with Gasteiger partial charge < -0.3 is 10.1 Å². The van der Waals surface area contributed by atoms with Gasteiger partial charge in [-0.05, 0) is 36.8 Å². The van der Waals surface area contributed by atoms with Gasteiger partial charge in [0.15, 0.2) is 11.5 Å². The molecule has 0 aliphatic heterocycles. The molecule has 7 nitrogen and oxygen atoms in total. The summed E-state index contributed by atoms with van der Waals surface area (Å²) in [5.41, 5.74) is 1.24. The van der Waals surface area contributed by atoms with Crippen LogP contribution in [0.4, 0.5) is 0 Å². The van der Waals surface area contributed by atoms with Crippen LogP contribution in [0.5, 0.6) is 5.75 Å². The van der Waals surface area contributed by atoms with Crippen molar-refractivity contribution < 1.29 is 9.53 Å². The van der Waals surface area contributed by atoms with Crippen molar-refractivity contribution >= 4 is 5.91 Å². The molecule has 1 N–H and O–H groups in total. The molecule has 2 heterocycles. The van der Waals surface area contributed by atoms with Crippen molar-refractivity contribution in [2.45, 2.75) is 13.5 Å². The lowest BCUT2D eigenvalue weighted by Crippen LogP contribution is -2.24. The van der Waals surface area contributed by atoms with Crippen molar-refractivity contribution in [1.82, 2.24) is 25.1 Å². The number of aryl methyl sites for hydroxylation is 1. The fourth-order valence-electron chi connectivity index (χ4n) is 2.21. The average Bonchev–Trinajstić information content (AvgIpc) is 3.06. The Kier molecular flexibility index (Phi) is 4.51. The van der Waals surface area contributed by atoms with Gasteiger partial charge in [-0.1, -0.05) is 12.1 Å². The molecule has 0 saturated heterocycles. The van der Waals surface area contributed by atoms with E-state index in [1.807, 2.05) is 31.2 Å². The van der Waals surface area contributed by atoms with Gasteiger partial charge in [0.05, 0.1) is 7.11 Å². The Morgan fingerprint density at radius 1 is 1.17 bits per heavy atom. The molecule has 0 spiro atoms. The molecule has 122 valence electrons. The SMILES string of the molecule is COc1ccc(CNC(=O)c2ccc(-n3ccnc3C)nn2)cc1. The number of nitrogens with zero attached hydrogens (tertiary/aromatic N) is 4. The molecule has 3 rings (SSSR count). The first-order chi connectivity index (χ1) is 11.7. The molecule has 0 atom stereocenters. The largest absolute Gasteiger partial charge is 0.497 e. The number of nitrogens with one attached hydrogen (secondary N) is 1. The fraction of sp³-hybridized carbons (Fsp3) is 0.176. The van der Waals surface area contributed by atoms with E-state index in [9.17, 15) is 4.79 Å². The van der Waals surface area contributed by atoms with Crippen molar-refractivity contribution in [2.24, 2.45) is 0 Å². The van der Waals surface area contributed by atoms with Gasteiger partial charge in [0.2, 0.25) is 0 Å². The zero-order valence-corrected chi connectivity index (χ0v) is 13.4. The maximum Gasteiger partial charge on any atom is 0.272 e. The van der Waals surface area contributed by atoms with Crippen molar-refractivity contribution in [2.75, 3.05) is 7.11 Å². The summed E-state index contributed by atoms with van der Waals surface area (Å²) in [4.78, 5) is 16.3. The van der Waals surface area contributed by atoms with Crippen LogP contribution in [-0.4, -0.2) is 32.8 Å². The molecule has 0 aliphatic carbocycles. The van der Waals surface area contributed by atoms with Gasteiger partial charge in [0.1, 0.15) is 11.6 Å². The Hall–Kier alpha value is -3.22. The molecule has 7 heteroatoms. The van der Waals surface area contributed by atoms with Crippen molar-refractivity contribution in [3.63, 3.8) is 0 Å². The third-order valence-corrected chi connectivity index (χ3v) is 3.57. The number of hydrogen-bond donors (Lipinski definition) is 1. The van der Waals surface area contributed by atoms with Crippen molar-refractivity contribution in [3.8, 4) is 11.6 Å². The number of hydrogen-bond acceptors (Lipinski definition) is 5. The van der Waals surface area contributed by atoms with E-state index in [0.717, 1.165) is 17.1 Å². The lowest BCUT2D eigenvalue weighted by atomic mass is 10.2. The minimum absolute atomic E-state index is 0.269. The lowest BCUT2D eigenvalue weighted by Gasteiger charge is -2.07. The van der Waals surface area contributed by atoms with E-state index in [1.165, 1.54) is 0 Å². The summed E-state index contributed by atoms with van der Waals surface area (Å²) in [5.74, 6) is 1.94. The van der Waals surface area contributed by atoms with Gasteiger partial charge in [-0.3, -0.25) is 9.36 Å². The quantitative estimate of drug-likeness (QED) is 0.775. The van der Waals surface area contributed by atoms with Gasteiger partial charge in [0.25, 0.3) is 5.91 Å². The van der Waals surface area contributed by atoms with E-state index in [2.05, 4.69) is 20.5 Å². The van der Waals surface area contributed by atoms with Gasteiger partial charge in [-0.2, -0.15) is 0 Å². The molecule has 2 aromatic heterocycles. The van der Waals surface area contributed by atoms with E-state index < -0.39 is 0 Å². The van der Waals surface area contributed by atoms with Gasteiger partial charge in [0, 0.05) is 18.9 Å². The maximum atomic E-state index is 12.1. The van der Waals surface area contributed by atoms with Crippen LogP contribution in [0.3, 0.4) is 0 Å². The number of ether oxygens (including phenoxy) is 1. The van der Waals surface area contributed by atoms with Crippen LogP contribution < -0.4 is 10.1 Å². The first-order valence-corrected chi connectivity index (χ1v) is 7.42. The maximum absolute atomic E-state index is 12.1. The molecule has 1 amide bonds. The minimum atomic E-state index is -0.271. The average molecular weight is 323 g/mol. The summed E-state index contributed by atoms with van der Waals surface area (Å²) >= 11 is 0. The fourth-order valence-corrected chi connectivity index (χ4v) is 2.21. The lowest BCUT2D eigenvalue weighted by molar-refractivity contribution is 0.0945. The molecule has 0 radical (unpaired) electrons. The Balaban J connectivity index is 1.63. The number of methoxy groups -OCH3 is 1. The minimum Gasteiger partial charge on any atom is -0.497 e. The second-order valence-electron chi connectivity index (χ2n) is 5.15. The zero-order chi connectivity index (χ0) is 16.9. The number of amides is 1. The highest BCUT2D eigenvalue weighted by molar-refractivity contribution is 5.92. The molecular formula is C17H17N5O2. The number of imidazole rings is 1. The summed E-state index contributed by atoms with van der Waals surface area (Å²) in [5, 5.41) is 10.9. The first kappa shape index (κ1) is 15.7. The summed E-state index contributed by atoms with van der Waals surface area (Å²) in [7, 11) is 1.62. The molecule has 3 aromatic rings. The molecule has 0 aliphatic rings. The van der Waals surface area contributed by atoms with E-state index in [1.54, 1.807) is 36.2 Å². The number of aromatic nitrogens is 4. The highest BCUT2D eigenvalue weighted by atomic mass is 16.5. The van der Waals surface area contributed by atoms with Crippen LogP contribution in [0.1, 0.15) is 21.9 Å². The Labute approximate surface area is 139 Å². The normalized spacial score (nSPS) is 10.4. The number of carbonyl (C=O) groups is 1. The molecule has 1 aromatic carbocycles. The van der Waals surface area contributed by atoms with Gasteiger partial charge in [-0.15, -0.1) is 10.2 Å².